The molecule has 0 atom stereocenters. The minimum atomic E-state index is -3.41. The van der Waals surface area contributed by atoms with Crippen LogP contribution in [-0.4, -0.2) is 21.4 Å². The van der Waals surface area contributed by atoms with Crippen LogP contribution in [0.3, 0.4) is 0 Å². The van der Waals surface area contributed by atoms with Crippen LogP contribution in [0, 0.1) is 13.8 Å². The van der Waals surface area contributed by atoms with Crippen molar-refractivity contribution in [2.45, 2.75) is 31.0 Å². The van der Waals surface area contributed by atoms with E-state index in [4.69, 9.17) is 4.74 Å². The second-order valence-corrected chi connectivity index (χ2v) is 10.2. The molecule has 0 aliphatic carbocycles. The molecule has 1 aliphatic rings. The summed E-state index contributed by atoms with van der Waals surface area (Å²) in [4.78, 5) is 14.5. The first-order chi connectivity index (χ1) is 13.8. The van der Waals surface area contributed by atoms with Crippen LogP contribution in [0.2, 0.25) is 0 Å². The van der Waals surface area contributed by atoms with Crippen molar-refractivity contribution in [1.82, 2.24) is 5.32 Å². The molecule has 5 nitrogen and oxygen atoms in total. The highest BCUT2D eigenvalue weighted by Crippen LogP contribution is 2.44. The summed E-state index contributed by atoms with van der Waals surface area (Å²) in [7, 11) is -1.80. The Bertz CT molecular complexity index is 1210. The summed E-state index contributed by atoms with van der Waals surface area (Å²) in [6, 6.07) is 12.9. The van der Waals surface area contributed by atoms with Crippen LogP contribution in [-0.2, 0) is 22.1 Å². The van der Waals surface area contributed by atoms with Crippen LogP contribution in [0.5, 0.6) is 5.75 Å². The molecule has 0 spiro atoms. The monoisotopic (exact) mass is 427 g/mol. The van der Waals surface area contributed by atoms with E-state index < -0.39 is 9.84 Å². The van der Waals surface area contributed by atoms with Crippen molar-refractivity contribution in [3.05, 3.63) is 69.6 Å². The van der Waals surface area contributed by atoms with Gasteiger partial charge in [0.2, 0.25) is 0 Å². The fourth-order valence-corrected chi connectivity index (χ4v) is 6.73. The number of aryl methyl sites for hydroxylation is 2. The van der Waals surface area contributed by atoms with E-state index in [1.165, 1.54) is 11.3 Å². The topological polar surface area (TPSA) is 72.5 Å². The molecule has 2 heterocycles. The van der Waals surface area contributed by atoms with Gasteiger partial charge in [-0.15, -0.1) is 11.3 Å². The Morgan fingerprint density at radius 2 is 1.86 bits per heavy atom. The highest BCUT2D eigenvalue weighted by atomic mass is 32.2. The quantitative estimate of drug-likeness (QED) is 0.675. The molecular formula is C22H21NO4S2. The summed E-state index contributed by atoms with van der Waals surface area (Å²) in [5.41, 5.74) is 4.22. The lowest BCUT2D eigenvalue weighted by Crippen LogP contribution is -2.21. The van der Waals surface area contributed by atoms with Crippen molar-refractivity contribution in [2.24, 2.45) is 0 Å². The molecule has 0 saturated heterocycles. The first kappa shape index (κ1) is 19.7. The molecule has 29 heavy (non-hydrogen) atoms. The maximum absolute atomic E-state index is 12.8. The normalized spacial score (nSPS) is 14.0. The van der Waals surface area contributed by atoms with Crippen molar-refractivity contribution in [1.29, 1.82) is 0 Å². The smallest absolute Gasteiger partial charge is 0.261 e. The standard InChI is InChI=1S/C22H21NO4S2/c1-13-8-14(2)20-19(9-13)29(25,26)12-16-10-18(28-21(16)20)22(24)23-11-15-4-6-17(27-3)7-5-15/h4-10H,11-12H2,1-3H3,(H,23,24). The lowest BCUT2D eigenvalue weighted by molar-refractivity contribution is 0.0955. The van der Waals surface area contributed by atoms with Gasteiger partial charge in [-0.25, -0.2) is 8.42 Å². The molecule has 0 radical (unpaired) electrons. The number of ether oxygens (including phenoxy) is 1. The average molecular weight is 428 g/mol. The molecule has 4 rings (SSSR count). The molecule has 0 fully saturated rings. The molecule has 1 amide bonds. The van der Waals surface area contributed by atoms with Crippen LogP contribution in [0.15, 0.2) is 47.4 Å². The first-order valence-corrected chi connectivity index (χ1v) is 11.6. The number of sulfone groups is 1. The Balaban J connectivity index is 1.62. The lowest BCUT2D eigenvalue weighted by atomic mass is 10.0. The fraction of sp³-hybridized carbons (Fsp3) is 0.227. The van der Waals surface area contributed by atoms with Crippen molar-refractivity contribution < 1.29 is 17.9 Å². The Morgan fingerprint density at radius 3 is 2.55 bits per heavy atom. The summed E-state index contributed by atoms with van der Waals surface area (Å²) in [6.07, 6.45) is 0. The number of thiophene rings is 1. The van der Waals surface area contributed by atoms with Crippen molar-refractivity contribution in [3.63, 3.8) is 0 Å². The van der Waals surface area contributed by atoms with E-state index in [0.29, 0.717) is 21.9 Å². The van der Waals surface area contributed by atoms with Gasteiger partial charge in [-0.2, -0.15) is 0 Å². The van der Waals surface area contributed by atoms with E-state index in [1.54, 1.807) is 19.2 Å². The molecule has 0 saturated carbocycles. The Labute approximate surface area is 174 Å². The van der Waals surface area contributed by atoms with Gasteiger partial charge in [-0.3, -0.25) is 4.79 Å². The van der Waals surface area contributed by atoms with Gasteiger partial charge >= 0.3 is 0 Å². The van der Waals surface area contributed by atoms with E-state index in [-0.39, 0.29) is 11.7 Å². The summed E-state index contributed by atoms with van der Waals surface area (Å²) in [5.74, 6) is 0.487. The van der Waals surface area contributed by atoms with Gasteiger partial charge in [-0.05, 0) is 60.4 Å². The van der Waals surface area contributed by atoms with E-state index in [9.17, 15) is 13.2 Å². The number of hydrogen-bond acceptors (Lipinski definition) is 5. The van der Waals surface area contributed by atoms with Crippen LogP contribution < -0.4 is 10.1 Å². The largest absolute Gasteiger partial charge is 0.497 e. The third kappa shape index (κ3) is 3.68. The minimum Gasteiger partial charge on any atom is -0.497 e. The third-order valence-corrected chi connectivity index (χ3v) is 7.87. The minimum absolute atomic E-state index is 0.0690. The molecule has 0 unspecified atom stereocenters. The number of rotatable bonds is 4. The van der Waals surface area contributed by atoms with E-state index in [2.05, 4.69) is 5.32 Å². The number of carbonyl (C=O) groups excluding carboxylic acids is 1. The zero-order chi connectivity index (χ0) is 20.8. The van der Waals surface area contributed by atoms with E-state index >= 15 is 0 Å². The van der Waals surface area contributed by atoms with E-state index in [1.807, 2.05) is 44.2 Å². The van der Waals surface area contributed by atoms with Gasteiger partial charge in [0.25, 0.3) is 5.91 Å². The van der Waals surface area contributed by atoms with Crippen LogP contribution in [0.4, 0.5) is 0 Å². The Kier molecular flexibility index (Phi) is 4.96. The second kappa shape index (κ2) is 7.31. The number of methoxy groups -OCH3 is 1. The molecule has 2 aromatic carbocycles. The highest BCUT2D eigenvalue weighted by molar-refractivity contribution is 7.91. The van der Waals surface area contributed by atoms with Crippen molar-refractivity contribution in [2.75, 3.05) is 7.11 Å². The number of amides is 1. The molecule has 0 bridgehead atoms. The van der Waals surface area contributed by atoms with Gasteiger partial charge in [0, 0.05) is 17.0 Å². The van der Waals surface area contributed by atoms with Crippen LogP contribution in [0.25, 0.3) is 10.4 Å². The number of hydrogen-bond donors (Lipinski definition) is 1. The Hall–Kier alpha value is -2.64. The highest BCUT2D eigenvalue weighted by Gasteiger charge is 2.32. The van der Waals surface area contributed by atoms with Gasteiger partial charge in [0.15, 0.2) is 9.84 Å². The van der Waals surface area contributed by atoms with Crippen LogP contribution >= 0.6 is 11.3 Å². The van der Waals surface area contributed by atoms with Gasteiger partial charge in [0.05, 0.1) is 22.6 Å². The number of nitrogens with one attached hydrogen (secondary N) is 1. The molecule has 1 aromatic heterocycles. The maximum Gasteiger partial charge on any atom is 0.261 e. The third-order valence-electron chi connectivity index (χ3n) is 5.00. The molecule has 150 valence electrons. The first-order valence-electron chi connectivity index (χ1n) is 9.16. The molecule has 3 aromatic rings. The Morgan fingerprint density at radius 1 is 1.14 bits per heavy atom. The molecular weight excluding hydrogens is 406 g/mol. The average Bonchev–Trinajstić information content (AvgIpc) is 3.09. The number of fused-ring (bicyclic) bond motifs is 3. The van der Waals surface area contributed by atoms with Crippen LogP contribution in [0.1, 0.15) is 31.9 Å². The zero-order valence-electron chi connectivity index (χ0n) is 16.4. The number of benzene rings is 2. The van der Waals surface area contributed by atoms with Gasteiger partial charge < -0.3 is 10.1 Å². The van der Waals surface area contributed by atoms with Gasteiger partial charge in [-0.1, -0.05) is 18.2 Å². The molecule has 7 heteroatoms. The van der Waals surface area contributed by atoms with Gasteiger partial charge in [0.1, 0.15) is 5.75 Å². The summed E-state index contributed by atoms with van der Waals surface area (Å²) >= 11 is 1.35. The lowest BCUT2D eigenvalue weighted by Gasteiger charge is -2.19. The predicted molar refractivity (Wildman–Crippen MR) is 114 cm³/mol. The van der Waals surface area contributed by atoms with Crippen molar-refractivity contribution >= 4 is 27.1 Å². The maximum atomic E-state index is 12.8. The van der Waals surface area contributed by atoms with Crippen molar-refractivity contribution in [3.8, 4) is 16.2 Å². The summed E-state index contributed by atoms with van der Waals surface area (Å²) in [6.45, 7) is 4.20. The molecule has 1 aliphatic heterocycles. The number of carbonyl (C=O) groups is 1. The molecule has 1 N–H and O–H groups in total. The SMILES string of the molecule is COc1ccc(CNC(=O)c2cc3c(s2)-c2c(C)cc(C)cc2S(=O)(=O)C3)cc1. The van der Waals surface area contributed by atoms with E-state index in [0.717, 1.165) is 32.9 Å². The predicted octanol–water partition coefficient (Wildman–Crippen LogP) is 4.26. The fourth-order valence-electron chi connectivity index (χ4n) is 3.62. The zero-order valence-corrected chi connectivity index (χ0v) is 18.0. The summed E-state index contributed by atoms with van der Waals surface area (Å²) in [5, 5.41) is 2.91. The summed E-state index contributed by atoms with van der Waals surface area (Å²) < 4.78 is 30.7. The second-order valence-electron chi connectivity index (χ2n) is 7.21.